The molecule has 0 saturated heterocycles. The third kappa shape index (κ3) is 3.46. The van der Waals surface area contributed by atoms with E-state index < -0.39 is 10.0 Å². The van der Waals surface area contributed by atoms with Crippen LogP contribution in [-0.2, 0) is 23.5 Å². The summed E-state index contributed by atoms with van der Waals surface area (Å²) in [6.45, 7) is 0.376. The Morgan fingerprint density at radius 2 is 2.18 bits per heavy atom. The van der Waals surface area contributed by atoms with E-state index in [0.717, 1.165) is 4.88 Å². The molecule has 3 rings (SSSR count). The highest BCUT2D eigenvalue weighted by Crippen LogP contribution is 2.29. The summed E-state index contributed by atoms with van der Waals surface area (Å²) in [7, 11) is -1.78. The zero-order valence-corrected chi connectivity index (χ0v) is 14.3. The molecule has 0 fully saturated rings. The normalized spacial score (nSPS) is 11.9. The van der Waals surface area contributed by atoms with Gasteiger partial charge in [0.15, 0.2) is 0 Å². The van der Waals surface area contributed by atoms with E-state index in [-0.39, 0.29) is 4.90 Å². The first-order chi connectivity index (χ1) is 10.5. The first-order valence-electron chi connectivity index (χ1n) is 6.64. The Morgan fingerprint density at radius 3 is 2.86 bits per heavy atom. The van der Waals surface area contributed by atoms with Gasteiger partial charge in [-0.2, -0.15) is 16.4 Å². The fourth-order valence-electron chi connectivity index (χ4n) is 2.00. The van der Waals surface area contributed by atoms with Crippen molar-refractivity contribution in [3.63, 3.8) is 0 Å². The molecule has 1 N–H and O–H groups in total. The molecule has 0 radical (unpaired) electrons. The Kier molecular flexibility index (Phi) is 4.44. The summed E-state index contributed by atoms with van der Waals surface area (Å²) in [5.74, 6) is 0. The zero-order valence-electron chi connectivity index (χ0n) is 11.9. The zero-order chi connectivity index (χ0) is 15.6. The Balaban J connectivity index is 1.59. The van der Waals surface area contributed by atoms with Gasteiger partial charge in [-0.3, -0.25) is 4.68 Å². The summed E-state index contributed by atoms with van der Waals surface area (Å²) in [5, 5.41) is 8.05. The first-order valence-corrected chi connectivity index (χ1v) is 9.88. The SMILES string of the molecule is Cn1cc(S(=O)(=O)NCCc2ccc(-c3ccsc3)s2)cn1. The van der Waals surface area contributed by atoms with Crippen LogP contribution in [0.4, 0.5) is 0 Å². The van der Waals surface area contributed by atoms with Gasteiger partial charge < -0.3 is 0 Å². The van der Waals surface area contributed by atoms with E-state index in [1.165, 1.54) is 27.5 Å². The third-order valence-corrected chi connectivity index (χ3v) is 6.42. The predicted octanol–water partition coefficient (Wildman–Crippen LogP) is 2.73. The molecule has 22 heavy (non-hydrogen) atoms. The summed E-state index contributed by atoms with van der Waals surface area (Å²) >= 11 is 3.37. The molecule has 0 spiro atoms. The lowest BCUT2D eigenvalue weighted by atomic mass is 10.3. The maximum atomic E-state index is 12.1. The Hall–Kier alpha value is -1.48. The molecule has 0 aliphatic heterocycles. The summed E-state index contributed by atoms with van der Waals surface area (Å²) < 4.78 is 28.2. The van der Waals surface area contributed by atoms with Crippen LogP contribution >= 0.6 is 22.7 Å². The summed E-state index contributed by atoms with van der Waals surface area (Å²) in [6, 6.07) is 6.22. The molecule has 0 bridgehead atoms. The molecule has 0 amide bonds. The van der Waals surface area contributed by atoms with Gasteiger partial charge >= 0.3 is 0 Å². The van der Waals surface area contributed by atoms with Gasteiger partial charge in [0.1, 0.15) is 4.90 Å². The number of hydrogen-bond acceptors (Lipinski definition) is 5. The van der Waals surface area contributed by atoms with E-state index in [0.29, 0.717) is 13.0 Å². The largest absolute Gasteiger partial charge is 0.274 e. The molecule has 0 saturated carbocycles. The highest BCUT2D eigenvalue weighted by Gasteiger charge is 2.15. The van der Waals surface area contributed by atoms with E-state index in [9.17, 15) is 8.42 Å². The van der Waals surface area contributed by atoms with Crippen molar-refractivity contribution in [2.24, 2.45) is 7.05 Å². The maximum absolute atomic E-state index is 12.1. The van der Waals surface area contributed by atoms with E-state index in [1.54, 1.807) is 29.7 Å². The second-order valence-corrected chi connectivity index (χ2v) is 8.49. The molecule has 5 nitrogen and oxygen atoms in total. The number of nitrogens with zero attached hydrogens (tertiary/aromatic N) is 2. The lowest BCUT2D eigenvalue weighted by Crippen LogP contribution is -2.25. The van der Waals surface area contributed by atoms with Gasteiger partial charge in [-0.1, -0.05) is 0 Å². The quantitative estimate of drug-likeness (QED) is 0.741. The van der Waals surface area contributed by atoms with Gasteiger partial charge in [0.05, 0.1) is 6.20 Å². The number of thiophene rings is 2. The molecule has 116 valence electrons. The van der Waals surface area contributed by atoms with Crippen molar-refractivity contribution in [3.05, 3.63) is 46.2 Å². The minimum absolute atomic E-state index is 0.195. The number of nitrogens with one attached hydrogen (secondary N) is 1. The van der Waals surface area contributed by atoms with E-state index in [2.05, 4.69) is 38.8 Å². The summed E-state index contributed by atoms with van der Waals surface area (Å²) in [5.41, 5.74) is 1.22. The smallest absolute Gasteiger partial charge is 0.243 e. The summed E-state index contributed by atoms with van der Waals surface area (Å²) in [6.07, 6.45) is 3.51. The second-order valence-electron chi connectivity index (χ2n) is 4.78. The average molecular weight is 353 g/mol. The van der Waals surface area contributed by atoms with Crippen LogP contribution in [-0.4, -0.2) is 24.7 Å². The van der Waals surface area contributed by atoms with E-state index in [1.807, 2.05) is 0 Å². The molecular weight excluding hydrogens is 338 g/mol. The molecule has 0 aliphatic carbocycles. The van der Waals surface area contributed by atoms with Crippen LogP contribution in [0.25, 0.3) is 10.4 Å². The summed E-state index contributed by atoms with van der Waals surface area (Å²) in [4.78, 5) is 2.57. The van der Waals surface area contributed by atoms with Gasteiger partial charge in [0.25, 0.3) is 0 Å². The van der Waals surface area contributed by atoms with Gasteiger partial charge in [-0.15, -0.1) is 11.3 Å². The lowest BCUT2D eigenvalue weighted by molar-refractivity contribution is 0.581. The molecule has 0 atom stereocenters. The van der Waals surface area contributed by atoms with E-state index in [4.69, 9.17) is 0 Å². The number of sulfonamides is 1. The van der Waals surface area contributed by atoms with Crippen LogP contribution in [0.5, 0.6) is 0 Å². The van der Waals surface area contributed by atoms with Crippen molar-refractivity contribution >= 4 is 32.7 Å². The minimum atomic E-state index is -3.47. The van der Waals surface area contributed by atoms with Crippen LogP contribution in [0.15, 0.2) is 46.2 Å². The molecule has 0 unspecified atom stereocenters. The second kappa shape index (κ2) is 6.33. The van der Waals surface area contributed by atoms with Crippen LogP contribution in [0.2, 0.25) is 0 Å². The number of rotatable bonds is 6. The Bertz CT molecular complexity index is 848. The number of hydrogen-bond donors (Lipinski definition) is 1. The Morgan fingerprint density at radius 1 is 1.32 bits per heavy atom. The molecule has 3 aromatic rings. The standard InChI is InChI=1S/C14H15N3O2S3/c1-17-9-13(8-15-17)22(18,19)16-6-4-12-2-3-14(21-12)11-5-7-20-10-11/h2-3,5,7-10,16H,4,6H2,1H3. The average Bonchev–Trinajstić information content (AvgIpc) is 3.18. The predicted molar refractivity (Wildman–Crippen MR) is 89.7 cm³/mol. The highest BCUT2D eigenvalue weighted by molar-refractivity contribution is 7.89. The molecule has 0 aliphatic rings. The molecular formula is C14H15N3O2S3. The molecule has 0 aromatic carbocycles. The minimum Gasteiger partial charge on any atom is -0.274 e. The van der Waals surface area contributed by atoms with Crippen LogP contribution in [0.1, 0.15) is 4.88 Å². The first kappa shape index (κ1) is 15.4. The van der Waals surface area contributed by atoms with Crippen LogP contribution < -0.4 is 4.72 Å². The fraction of sp³-hybridized carbons (Fsp3) is 0.214. The molecule has 8 heteroatoms. The van der Waals surface area contributed by atoms with Gasteiger partial charge in [0.2, 0.25) is 10.0 Å². The van der Waals surface area contributed by atoms with Gasteiger partial charge in [-0.05, 0) is 35.4 Å². The van der Waals surface area contributed by atoms with Crippen molar-refractivity contribution in [2.75, 3.05) is 6.54 Å². The van der Waals surface area contributed by atoms with E-state index >= 15 is 0 Å². The maximum Gasteiger partial charge on any atom is 0.243 e. The van der Waals surface area contributed by atoms with Crippen molar-refractivity contribution in [3.8, 4) is 10.4 Å². The van der Waals surface area contributed by atoms with Gasteiger partial charge in [0, 0.05) is 35.1 Å². The van der Waals surface area contributed by atoms with Crippen LogP contribution in [0.3, 0.4) is 0 Å². The Labute approximate surface area is 137 Å². The van der Waals surface area contributed by atoms with Crippen molar-refractivity contribution < 1.29 is 8.42 Å². The third-order valence-electron chi connectivity index (χ3n) is 3.12. The van der Waals surface area contributed by atoms with Crippen molar-refractivity contribution in [2.45, 2.75) is 11.3 Å². The monoisotopic (exact) mass is 353 g/mol. The highest BCUT2D eigenvalue weighted by atomic mass is 32.2. The van der Waals surface area contributed by atoms with Crippen LogP contribution in [0, 0.1) is 0 Å². The van der Waals surface area contributed by atoms with Crippen molar-refractivity contribution in [1.29, 1.82) is 0 Å². The molecule has 3 heterocycles. The van der Waals surface area contributed by atoms with Gasteiger partial charge in [-0.25, -0.2) is 13.1 Å². The lowest BCUT2D eigenvalue weighted by Gasteiger charge is -2.03. The number of aryl methyl sites for hydroxylation is 1. The topological polar surface area (TPSA) is 64.0 Å². The number of aromatic nitrogens is 2. The molecule has 3 aromatic heterocycles. The van der Waals surface area contributed by atoms with Crippen molar-refractivity contribution in [1.82, 2.24) is 14.5 Å². The fourth-order valence-corrected chi connectivity index (χ4v) is 4.75.